The molecule has 2 rings (SSSR count). The van der Waals surface area contributed by atoms with Crippen molar-refractivity contribution in [1.82, 2.24) is 0 Å². The summed E-state index contributed by atoms with van der Waals surface area (Å²) in [6.07, 6.45) is 0.253. The van der Waals surface area contributed by atoms with Crippen molar-refractivity contribution in [1.29, 1.82) is 0 Å². The van der Waals surface area contributed by atoms with Crippen molar-refractivity contribution in [2.75, 3.05) is 6.61 Å². The standard InChI is InChI=1S/C12H14O4/c1-8(12(13)14)9-6-7-15-10-4-2-3-5-11(10)16-9/h2-5,8-9H,6-7H2,1H3,(H,13,14). The third kappa shape index (κ3) is 2.10. The molecule has 1 heterocycles. The van der Waals surface area contributed by atoms with Crippen molar-refractivity contribution in [3.63, 3.8) is 0 Å². The summed E-state index contributed by atoms with van der Waals surface area (Å²) in [5.74, 6) is -0.0696. The first kappa shape index (κ1) is 10.8. The maximum atomic E-state index is 10.9. The second-order valence-corrected chi connectivity index (χ2v) is 3.87. The highest BCUT2D eigenvalue weighted by molar-refractivity contribution is 5.70. The van der Waals surface area contributed by atoms with Crippen LogP contribution >= 0.6 is 0 Å². The molecule has 16 heavy (non-hydrogen) atoms. The van der Waals surface area contributed by atoms with Crippen LogP contribution in [0.15, 0.2) is 24.3 Å². The third-order valence-corrected chi connectivity index (χ3v) is 2.73. The monoisotopic (exact) mass is 222 g/mol. The molecule has 2 atom stereocenters. The first-order chi connectivity index (χ1) is 7.68. The number of carboxylic acids is 1. The minimum Gasteiger partial charge on any atom is -0.490 e. The van der Waals surface area contributed by atoms with Crippen LogP contribution in [0.3, 0.4) is 0 Å². The van der Waals surface area contributed by atoms with E-state index in [1.807, 2.05) is 18.2 Å². The van der Waals surface area contributed by atoms with E-state index < -0.39 is 11.9 Å². The zero-order valence-corrected chi connectivity index (χ0v) is 9.05. The van der Waals surface area contributed by atoms with Crippen LogP contribution in [0.4, 0.5) is 0 Å². The summed E-state index contributed by atoms with van der Waals surface area (Å²) in [6.45, 7) is 2.14. The highest BCUT2D eigenvalue weighted by Gasteiger charge is 2.28. The average molecular weight is 222 g/mol. The molecule has 0 saturated carbocycles. The van der Waals surface area contributed by atoms with E-state index in [1.54, 1.807) is 13.0 Å². The molecule has 1 aliphatic rings. The Morgan fingerprint density at radius 3 is 2.81 bits per heavy atom. The number of para-hydroxylation sites is 2. The second-order valence-electron chi connectivity index (χ2n) is 3.87. The van der Waals surface area contributed by atoms with Gasteiger partial charge in [0.15, 0.2) is 11.5 Å². The zero-order chi connectivity index (χ0) is 11.5. The minimum absolute atomic E-state index is 0.332. The molecule has 0 fully saturated rings. The van der Waals surface area contributed by atoms with Crippen LogP contribution in [-0.4, -0.2) is 23.8 Å². The molecule has 1 aromatic carbocycles. The summed E-state index contributed by atoms with van der Waals surface area (Å²) < 4.78 is 11.2. The van der Waals surface area contributed by atoms with Crippen molar-refractivity contribution < 1.29 is 19.4 Å². The van der Waals surface area contributed by atoms with Gasteiger partial charge >= 0.3 is 5.97 Å². The fourth-order valence-electron chi connectivity index (χ4n) is 1.68. The number of rotatable bonds is 2. The van der Waals surface area contributed by atoms with E-state index in [4.69, 9.17) is 14.6 Å². The van der Waals surface area contributed by atoms with Gasteiger partial charge in [-0.25, -0.2) is 0 Å². The Morgan fingerprint density at radius 1 is 1.44 bits per heavy atom. The molecule has 0 amide bonds. The Hall–Kier alpha value is -1.71. The molecule has 4 heteroatoms. The number of benzene rings is 1. The number of hydrogen-bond acceptors (Lipinski definition) is 3. The van der Waals surface area contributed by atoms with Crippen LogP contribution in [0.25, 0.3) is 0 Å². The Kier molecular flexibility index (Phi) is 2.99. The lowest BCUT2D eigenvalue weighted by Gasteiger charge is -2.19. The van der Waals surface area contributed by atoms with Crippen LogP contribution in [0, 0.1) is 5.92 Å². The van der Waals surface area contributed by atoms with Crippen LogP contribution < -0.4 is 9.47 Å². The van der Waals surface area contributed by atoms with Crippen molar-refractivity contribution >= 4 is 5.97 Å². The van der Waals surface area contributed by atoms with Gasteiger partial charge in [-0.2, -0.15) is 0 Å². The van der Waals surface area contributed by atoms with Crippen molar-refractivity contribution in [2.24, 2.45) is 5.92 Å². The molecule has 0 aliphatic carbocycles. The fraction of sp³-hybridized carbons (Fsp3) is 0.417. The van der Waals surface area contributed by atoms with Gasteiger partial charge in [0.25, 0.3) is 0 Å². The fourth-order valence-corrected chi connectivity index (χ4v) is 1.68. The molecule has 86 valence electrons. The average Bonchev–Trinajstić information content (AvgIpc) is 2.49. The summed E-state index contributed by atoms with van der Waals surface area (Å²) in [5.41, 5.74) is 0. The number of hydrogen-bond donors (Lipinski definition) is 1. The number of carbonyl (C=O) groups is 1. The molecule has 4 nitrogen and oxygen atoms in total. The van der Waals surface area contributed by atoms with Gasteiger partial charge in [-0.3, -0.25) is 4.79 Å². The predicted octanol–water partition coefficient (Wildman–Crippen LogP) is 1.94. The first-order valence-corrected chi connectivity index (χ1v) is 5.30. The van der Waals surface area contributed by atoms with Gasteiger partial charge in [-0.05, 0) is 19.1 Å². The summed E-state index contributed by atoms with van der Waals surface area (Å²) >= 11 is 0. The molecule has 2 unspecified atom stereocenters. The Bertz CT molecular complexity index is 388. The lowest BCUT2D eigenvalue weighted by Crippen LogP contribution is -2.31. The molecule has 0 spiro atoms. The topological polar surface area (TPSA) is 55.8 Å². The van der Waals surface area contributed by atoms with Crippen molar-refractivity contribution in [3.05, 3.63) is 24.3 Å². The van der Waals surface area contributed by atoms with Gasteiger partial charge in [0.05, 0.1) is 12.5 Å². The van der Waals surface area contributed by atoms with Gasteiger partial charge in [0.2, 0.25) is 0 Å². The van der Waals surface area contributed by atoms with Crippen molar-refractivity contribution in [3.8, 4) is 11.5 Å². The minimum atomic E-state index is -0.843. The van der Waals surface area contributed by atoms with E-state index >= 15 is 0 Å². The summed E-state index contributed by atoms with van der Waals surface area (Å²) in [6, 6.07) is 7.32. The molecular formula is C12H14O4. The number of carboxylic acid groups (broad SMARTS) is 1. The SMILES string of the molecule is CC(C(=O)O)C1CCOc2ccccc2O1. The van der Waals surface area contributed by atoms with Gasteiger partial charge < -0.3 is 14.6 Å². The smallest absolute Gasteiger partial charge is 0.309 e. The normalized spacial score (nSPS) is 20.9. The third-order valence-electron chi connectivity index (χ3n) is 2.73. The molecule has 0 bridgehead atoms. The van der Waals surface area contributed by atoms with E-state index in [0.29, 0.717) is 24.5 Å². The van der Waals surface area contributed by atoms with Crippen LogP contribution in [-0.2, 0) is 4.79 Å². The highest BCUT2D eigenvalue weighted by Crippen LogP contribution is 2.32. The maximum Gasteiger partial charge on any atom is 0.309 e. The summed E-state index contributed by atoms with van der Waals surface area (Å²) in [4.78, 5) is 10.9. The first-order valence-electron chi connectivity index (χ1n) is 5.30. The van der Waals surface area contributed by atoms with Gasteiger partial charge in [-0.15, -0.1) is 0 Å². The van der Waals surface area contributed by atoms with Gasteiger partial charge in [-0.1, -0.05) is 12.1 Å². The largest absolute Gasteiger partial charge is 0.490 e. The molecular weight excluding hydrogens is 208 g/mol. The van der Waals surface area contributed by atoms with Crippen molar-refractivity contribution in [2.45, 2.75) is 19.4 Å². The van der Waals surface area contributed by atoms with Crippen LogP contribution in [0.5, 0.6) is 11.5 Å². The Balaban J connectivity index is 2.19. The molecule has 1 aliphatic heterocycles. The molecule has 0 saturated heterocycles. The Morgan fingerprint density at radius 2 is 2.12 bits per heavy atom. The van der Waals surface area contributed by atoms with Crippen LogP contribution in [0.1, 0.15) is 13.3 Å². The lowest BCUT2D eigenvalue weighted by molar-refractivity contribution is -0.144. The highest BCUT2D eigenvalue weighted by atomic mass is 16.5. The second kappa shape index (κ2) is 4.43. The van der Waals surface area contributed by atoms with Crippen LogP contribution in [0.2, 0.25) is 0 Å². The number of fused-ring (bicyclic) bond motifs is 1. The van der Waals surface area contributed by atoms with E-state index in [2.05, 4.69) is 0 Å². The van der Waals surface area contributed by atoms with E-state index in [0.717, 1.165) is 0 Å². The Labute approximate surface area is 93.8 Å². The van der Waals surface area contributed by atoms with E-state index in [9.17, 15) is 4.79 Å². The predicted molar refractivity (Wildman–Crippen MR) is 57.8 cm³/mol. The summed E-state index contributed by atoms with van der Waals surface area (Å²) in [7, 11) is 0. The number of ether oxygens (including phenoxy) is 2. The zero-order valence-electron chi connectivity index (χ0n) is 9.05. The van der Waals surface area contributed by atoms with E-state index in [1.165, 1.54) is 0 Å². The van der Waals surface area contributed by atoms with Gasteiger partial charge in [0, 0.05) is 6.42 Å². The number of aliphatic carboxylic acids is 1. The molecule has 1 N–H and O–H groups in total. The molecule has 0 aromatic heterocycles. The lowest BCUT2D eigenvalue weighted by atomic mass is 10.0. The quantitative estimate of drug-likeness (QED) is 0.830. The maximum absolute atomic E-state index is 10.9. The molecule has 1 aromatic rings. The van der Waals surface area contributed by atoms with Gasteiger partial charge in [0.1, 0.15) is 6.10 Å². The van der Waals surface area contributed by atoms with E-state index in [-0.39, 0.29) is 6.10 Å². The summed E-state index contributed by atoms with van der Waals surface area (Å²) in [5, 5.41) is 8.95. The molecule has 0 radical (unpaired) electrons.